The first-order valence-electron chi connectivity index (χ1n) is 8.66. The summed E-state index contributed by atoms with van der Waals surface area (Å²) in [7, 11) is 1.64. The standard InChI is InChI=1S/C18H26N4O2S/c1-4-6-7-12-19-16(23)13-25-18-21-20-17(22(18)5-2)14-8-10-15(24-3)11-9-14/h8-11H,4-7,12-13H2,1-3H3,(H,19,23). The third-order valence-corrected chi connectivity index (χ3v) is 4.78. The van der Waals surface area contributed by atoms with E-state index < -0.39 is 0 Å². The molecule has 1 aromatic heterocycles. The molecule has 0 aliphatic carbocycles. The van der Waals surface area contributed by atoms with Crippen molar-refractivity contribution in [1.29, 1.82) is 0 Å². The van der Waals surface area contributed by atoms with Crippen LogP contribution in [0.2, 0.25) is 0 Å². The molecule has 1 N–H and O–H groups in total. The van der Waals surface area contributed by atoms with Crippen molar-refractivity contribution in [2.45, 2.75) is 44.8 Å². The van der Waals surface area contributed by atoms with Crippen molar-refractivity contribution >= 4 is 17.7 Å². The molecule has 6 nitrogen and oxygen atoms in total. The predicted octanol–water partition coefficient (Wildman–Crippen LogP) is 3.37. The molecule has 25 heavy (non-hydrogen) atoms. The minimum Gasteiger partial charge on any atom is -0.497 e. The van der Waals surface area contributed by atoms with Gasteiger partial charge in [-0.25, -0.2) is 0 Å². The lowest BCUT2D eigenvalue weighted by atomic mass is 10.2. The van der Waals surface area contributed by atoms with Crippen LogP contribution in [-0.4, -0.2) is 40.1 Å². The normalized spacial score (nSPS) is 10.7. The van der Waals surface area contributed by atoms with Gasteiger partial charge in [-0.3, -0.25) is 4.79 Å². The topological polar surface area (TPSA) is 69.0 Å². The van der Waals surface area contributed by atoms with Crippen molar-refractivity contribution in [2.24, 2.45) is 0 Å². The molecular weight excluding hydrogens is 336 g/mol. The van der Waals surface area contributed by atoms with Crippen molar-refractivity contribution in [3.05, 3.63) is 24.3 Å². The number of carbonyl (C=O) groups is 1. The Balaban J connectivity index is 1.98. The molecule has 1 aromatic carbocycles. The summed E-state index contributed by atoms with van der Waals surface area (Å²) in [6.45, 7) is 5.68. The van der Waals surface area contributed by atoms with Gasteiger partial charge in [-0.05, 0) is 37.6 Å². The molecule has 2 aromatic rings. The number of hydrogen-bond acceptors (Lipinski definition) is 5. The SMILES string of the molecule is CCCCCNC(=O)CSc1nnc(-c2ccc(OC)cc2)n1CC. The Morgan fingerprint density at radius 2 is 1.96 bits per heavy atom. The molecule has 7 heteroatoms. The second-order valence-electron chi connectivity index (χ2n) is 5.62. The summed E-state index contributed by atoms with van der Waals surface area (Å²) < 4.78 is 7.21. The van der Waals surface area contributed by atoms with Gasteiger partial charge in [0.1, 0.15) is 5.75 Å². The molecule has 0 saturated carbocycles. The second kappa shape index (κ2) is 10.1. The maximum atomic E-state index is 11.9. The highest BCUT2D eigenvalue weighted by molar-refractivity contribution is 7.99. The van der Waals surface area contributed by atoms with Crippen molar-refractivity contribution in [2.75, 3.05) is 19.4 Å². The summed E-state index contributed by atoms with van der Waals surface area (Å²) in [6.07, 6.45) is 3.32. The molecule has 0 radical (unpaired) electrons. The van der Waals surface area contributed by atoms with Crippen LogP contribution in [0.3, 0.4) is 0 Å². The lowest BCUT2D eigenvalue weighted by Crippen LogP contribution is -2.26. The van der Waals surface area contributed by atoms with E-state index in [0.29, 0.717) is 5.75 Å². The summed E-state index contributed by atoms with van der Waals surface area (Å²) in [5.41, 5.74) is 0.978. The predicted molar refractivity (Wildman–Crippen MR) is 101 cm³/mol. The lowest BCUT2D eigenvalue weighted by Gasteiger charge is -2.08. The number of benzene rings is 1. The van der Waals surface area contributed by atoms with Gasteiger partial charge in [0, 0.05) is 18.7 Å². The summed E-state index contributed by atoms with van der Waals surface area (Å²) in [4.78, 5) is 11.9. The van der Waals surface area contributed by atoms with Crippen LogP contribution in [0.25, 0.3) is 11.4 Å². The summed E-state index contributed by atoms with van der Waals surface area (Å²) in [5, 5.41) is 12.3. The molecule has 0 spiro atoms. The van der Waals surface area contributed by atoms with E-state index in [0.717, 1.165) is 54.6 Å². The number of amides is 1. The van der Waals surface area contributed by atoms with E-state index in [2.05, 4.69) is 22.4 Å². The molecule has 0 aliphatic heterocycles. The number of thioether (sulfide) groups is 1. The van der Waals surface area contributed by atoms with Gasteiger partial charge in [0.15, 0.2) is 11.0 Å². The fraction of sp³-hybridized carbons (Fsp3) is 0.500. The molecule has 0 fully saturated rings. The minimum absolute atomic E-state index is 0.0396. The van der Waals surface area contributed by atoms with Crippen LogP contribution in [0, 0.1) is 0 Å². The fourth-order valence-electron chi connectivity index (χ4n) is 2.42. The Hall–Kier alpha value is -2.02. The smallest absolute Gasteiger partial charge is 0.230 e. The average Bonchev–Trinajstić information content (AvgIpc) is 3.06. The van der Waals surface area contributed by atoms with E-state index in [4.69, 9.17) is 4.74 Å². The van der Waals surface area contributed by atoms with Gasteiger partial charge in [0.2, 0.25) is 5.91 Å². The molecule has 1 heterocycles. The summed E-state index contributed by atoms with van der Waals surface area (Å²) >= 11 is 1.42. The Labute approximate surface area is 153 Å². The lowest BCUT2D eigenvalue weighted by molar-refractivity contribution is -0.118. The first-order chi connectivity index (χ1) is 12.2. The van der Waals surface area contributed by atoms with Gasteiger partial charge < -0.3 is 14.6 Å². The summed E-state index contributed by atoms with van der Waals surface area (Å²) in [5.74, 6) is 2.00. The fourth-order valence-corrected chi connectivity index (χ4v) is 3.25. The number of carbonyl (C=O) groups excluding carboxylic acids is 1. The van der Waals surface area contributed by atoms with E-state index in [-0.39, 0.29) is 5.91 Å². The number of aromatic nitrogens is 3. The zero-order valence-electron chi connectivity index (χ0n) is 15.1. The number of nitrogens with one attached hydrogen (secondary N) is 1. The van der Waals surface area contributed by atoms with Crippen LogP contribution in [0.4, 0.5) is 0 Å². The van der Waals surface area contributed by atoms with Crippen LogP contribution in [0.5, 0.6) is 5.75 Å². The first kappa shape index (κ1) is 19.3. The molecule has 0 aliphatic rings. The number of hydrogen-bond donors (Lipinski definition) is 1. The number of nitrogens with zero attached hydrogens (tertiary/aromatic N) is 3. The molecule has 0 unspecified atom stereocenters. The first-order valence-corrected chi connectivity index (χ1v) is 9.65. The van der Waals surface area contributed by atoms with Crippen LogP contribution in [0.1, 0.15) is 33.1 Å². The Morgan fingerprint density at radius 1 is 1.20 bits per heavy atom. The Morgan fingerprint density at radius 3 is 2.60 bits per heavy atom. The van der Waals surface area contributed by atoms with Gasteiger partial charge >= 0.3 is 0 Å². The van der Waals surface area contributed by atoms with E-state index >= 15 is 0 Å². The second-order valence-corrected chi connectivity index (χ2v) is 6.57. The molecule has 0 saturated heterocycles. The molecule has 0 atom stereocenters. The quantitative estimate of drug-likeness (QED) is 0.518. The van der Waals surface area contributed by atoms with Gasteiger partial charge in [-0.15, -0.1) is 10.2 Å². The monoisotopic (exact) mass is 362 g/mol. The van der Waals surface area contributed by atoms with E-state index in [9.17, 15) is 4.79 Å². The third-order valence-electron chi connectivity index (χ3n) is 3.82. The van der Waals surface area contributed by atoms with Crippen LogP contribution < -0.4 is 10.1 Å². The molecule has 2 rings (SSSR count). The molecular formula is C18H26N4O2S. The van der Waals surface area contributed by atoms with Gasteiger partial charge in [0.05, 0.1) is 12.9 Å². The van der Waals surface area contributed by atoms with E-state index in [1.165, 1.54) is 11.8 Å². The third kappa shape index (κ3) is 5.49. The van der Waals surface area contributed by atoms with Crippen LogP contribution in [-0.2, 0) is 11.3 Å². The van der Waals surface area contributed by atoms with Crippen LogP contribution >= 0.6 is 11.8 Å². The summed E-state index contributed by atoms with van der Waals surface area (Å²) in [6, 6.07) is 7.73. The highest BCUT2D eigenvalue weighted by atomic mass is 32.2. The zero-order valence-corrected chi connectivity index (χ0v) is 15.9. The van der Waals surface area contributed by atoms with Crippen molar-refractivity contribution in [1.82, 2.24) is 20.1 Å². The maximum Gasteiger partial charge on any atom is 0.230 e. The van der Waals surface area contributed by atoms with Crippen molar-refractivity contribution in [3.63, 3.8) is 0 Å². The van der Waals surface area contributed by atoms with Crippen molar-refractivity contribution in [3.8, 4) is 17.1 Å². The van der Waals surface area contributed by atoms with Crippen molar-refractivity contribution < 1.29 is 9.53 Å². The number of rotatable bonds is 10. The molecule has 1 amide bonds. The van der Waals surface area contributed by atoms with Gasteiger partial charge in [-0.2, -0.15) is 0 Å². The Bertz CT molecular complexity index is 670. The minimum atomic E-state index is 0.0396. The van der Waals surface area contributed by atoms with Gasteiger partial charge in [-0.1, -0.05) is 31.5 Å². The molecule has 136 valence electrons. The number of methoxy groups -OCH3 is 1. The largest absolute Gasteiger partial charge is 0.497 e. The van der Waals surface area contributed by atoms with E-state index in [1.807, 2.05) is 35.8 Å². The van der Waals surface area contributed by atoms with Crippen LogP contribution in [0.15, 0.2) is 29.4 Å². The van der Waals surface area contributed by atoms with E-state index in [1.54, 1.807) is 7.11 Å². The average molecular weight is 362 g/mol. The zero-order chi connectivity index (χ0) is 18.1. The van der Waals surface area contributed by atoms with Gasteiger partial charge in [0.25, 0.3) is 0 Å². The number of ether oxygens (including phenoxy) is 1. The Kier molecular flexibility index (Phi) is 7.78. The number of unbranched alkanes of at least 4 members (excludes halogenated alkanes) is 2. The maximum absolute atomic E-state index is 11.9. The highest BCUT2D eigenvalue weighted by Gasteiger charge is 2.14. The molecule has 0 bridgehead atoms. The highest BCUT2D eigenvalue weighted by Crippen LogP contribution is 2.25.